The van der Waals surface area contributed by atoms with Gasteiger partial charge in [-0.3, -0.25) is 5.10 Å². The Morgan fingerprint density at radius 2 is 2.22 bits per heavy atom. The lowest BCUT2D eigenvalue weighted by atomic mass is 10.1. The average molecular weight is 307 g/mol. The molecule has 2 N–H and O–H groups in total. The van der Waals surface area contributed by atoms with E-state index in [1.165, 1.54) is 13.0 Å². The minimum absolute atomic E-state index is 0.705. The average Bonchev–Trinajstić information content (AvgIpc) is 3.19. The first-order chi connectivity index (χ1) is 11.3. The molecule has 0 amide bonds. The second-order valence-electron chi connectivity index (χ2n) is 6.35. The molecule has 0 spiro atoms. The molecule has 3 heterocycles. The molecule has 2 aromatic heterocycles. The number of nitrogens with one attached hydrogen (secondary N) is 2. The van der Waals surface area contributed by atoms with Crippen LogP contribution in [-0.2, 0) is 0 Å². The Hall–Kier alpha value is -2.40. The molecular formula is C18H21N5. The minimum atomic E-state index is 0.705. The van der Waals surface area contributed by atoms with Crippen molar-refractivity contribution in [3.63, 3.8) is 0 Å². The Morgan fingerprint density at radius 1 is 1.30 bits per heavy atom. The molecule has 1 aromatic carbocycles. The molecular weight excluding hydrogens is 286 g/mol. The van der Waals surface area contributed by atoms with Gasteiger partial charge in [-0.15, -0.1) is 0 Å². The van der Waals surface area contributed by atoms with Crippen LogP contribution in [0, 0.1) is 5.92 Å². The first-order valence-corrected chi connectivity index (χ1v) is 8.11. The molecule has 1 fully saturated rings. The van der Waals surface area contributed by atoms with Crippen LogP contribution in [0.15, 0.2) is 42.6 Å². The van der Waals surface area contributed by atoms with Gasteiger partial charge in [0, 0.05) is 30.2 Å². The van der Waals surface area contributed by atoms with E-state index in [1.807, 2.05) is 30.5 Å². The summed E-state index contributed by atoms with van der Waals surface area (Å²) in [6.45, 7) is 3.33. The summed E-state index contributed by atoms with van der Waals surface area (Å²) >= 11 is 0. The molecule has 4 rings (SSSR count). The third-order valence-electron chi connectivity index (χ3n) is 4.56. The van der Waals surface area contributed by atoms with Gasteiger partial charge in [0.2, 0.25) is 0 Å². The van der Waals surface area contributed by atoms with Crippen LogP contribution in [0.2, 0.25) is 0 Å². The second-order valence-corrected chi connectivity index (χ2v) is 6.35. The zero-order valence-corrected chi connectivity index (χ0v) is 13.3. The molecule has 23 heavy (non-hydrogen) atoms. The molecule has 0 aliphatic carbocycles. The minimum Gasteiger partial charge on any atom is -0.370 e. The van der Waals surface area contributed by atoms with Crippen molar-refractivity contribution < 1.29 is 0 Å². The van der Waals surface area contributed by atoms with Crippen molar-refractivity contribution in [3.8, 4) is 11.3 Å². The van der Waals surface area contributed by atoms with Crippen LogP contribution in [0.25, 0.3) is 22.2 Å². The predicted octanol–water partition coefficient (Wildman–Crippen LogP) is 2.99. The number of hydrogen-bond acceptors (Lipinski definition) is 4. The first kappa shape index (κ1) is 14.2. The summed E-state index contributed by atoms with van der Waals surface area (Å²) in [7, 11) is 2.18. The molecule has 1 aliphatic heterocycles. The van der Waals surface area contributed by atoms with Gasteiger partial charge < -0.3 is 10.2 Å². The number of benzene rings is 1. The van der Waals surface area contributed by atoms with Gasteiger partial charge in [-0.05, 0) is 44.1 Å². The summed E-state index contributed by atoms with van der Waals surface area (Å²) in [5.41, 5.74) is 3.12. The summed E-state index contributed by atoms with van der Waals surface area (Å²) in [5, 5.41) is 12.2. The maximum Gasteiger partial charge on any atom is 0.126 e. The monoisotopic (exact) mass is 307 g/mol. The lowest BCUT2D eigenvalue weighted by molar-refractivity contribution is 0.399. The number of aromatic amines is 1. The number of anilines is 1. The largest absolute Gasteiger partial charge is 0.370 e. The molecule has 5 heteroatoms. The van der Waals surface area contributed by atoms with Crippen LogP contribution < -0.4 is 5.32 Å². The van der Waals surface area contributed by atoms with Crippen molar-refractivity contribution in [2.24, 2.45) is 5.92 Å². The highest BCUT2D eigenvalue weighted by Gasteiger charge is 2.19. The fourth-order valence-corrected chi connectivity index (χ4v) is 3.30. The van der Waals surface area contributed by atoms with Gasteiger partial charge in [0.1, 0.15) is 11.5 Å². The molecule has 0 saturated carbocycles. The van der Waals surface area contributed by atoms with E-state index >= 15 is 0 Å². The Morgan fingerprint density at radius 3 is 3.09 bits per heavy atom. The number of fused-ring (bicyclic) bond motifs is 1. The van der Waals surface area contributed by atoms with Crippen molar-refractivity contribution in [2.45, 2.75) is 6.42 Å². The van der Waals surface area contributed by atoms with Crippen LogP contribution in [0.1, 0.15) is 6.42 Å². The number of pyridine rings is 1. The van der Waals surface area contributed by atoms with E-state index < -0.39 is 0 Å². The topological polar surface area (TPSA) is 56.8 Å². The van der Waals surface area contributed by atoms with Crippen LogP contribution in [0.4, 0.5) is 5.82 Å². The van der Waals surface area contributed by atoms with Crippen molar-refractivity contribution in [3.05, 3.63) is 42.6 Å². The zero-order valence-electron chi connectivity index (χ0n) is 13.3. The molecule has 0 radical (unpaired) electrons. The number of nitrogens with zero attached hydrogens (tertiary/aromatic N) is 3. The Labute approximate surface area is 135 Å². The van der Waals surface area contributed by atoms with E-state index in [-0.39, 0.29) is 0 Å². The van der Waals surface area contributed by atoms with E-state index in [4.69, 9.17) is 0 Å². The fourth-order valence-electron chi connectivity index (χ4n) is 3.30. The summed E-state index contributed by atoms with van der Waals surface area (Å²) in [4.78, 5) is 6.83. The Kier molecular flexibility index (Phi) is 3.71. The van der Waals surface area contributed by atoms with Crippen molar-refractivity contribution in [1.82, 2.24) is 20.1 Å². The zero-order chi connectivity index (χ0) is 15.6. The highest BCUT2D eigenvalue weighted by molar-refractivity contribution is 5.93. The van der Waals surface area contributed by atoms with Gasteiger partial charge in [0.15, 0.2) is 0 Å². The summed E-state index contributed by atoms with van der Waals surface area (Å²) in [6.07, 6.45) is 3.11. The van der Waals surface area contributed by atoms with E-state index in [0.29, 0.717) is 5.92 Å². The van der Waals surface area contributed by atoms with Gasteiger partial charge in [0.05, 0.1) is 5.52 Å². The smallest absolute Gasteiger partial charge is 0.126 e. The van der Waals surface area contributed by atoms with Gasteiger partial charge >= 0.3 is 0 Å². The van der Waals surface area contributed by atoms with E-state index in [1.54, 1.807) is 0 Å². The number of rotatable bonds is 4. The second kappa shape index (κ2) is 6.01. The molecule has 118 valence electrons. The SMILES string of the molecule is CN1CCC(CNc2cc(-c3n[nH]c4ccccc34)ccn2)C1. The molecule has 1 saturated heterocycles. The summed E-state index contributed by atoms with van der Waals surface area (Å²) in [5.74, 6) is 1.63. The maximum atomic E-state index is 4.47. The highest BCUT2D eigenvalue weighted by atomic mass is 15.1. The highest BCUT2D eigenvalue weighted by Crippen LogP contribution is 2.27. The van der Waals surface area contributed by atoms with E-state index in [9.17, 15) is 0 Å². The number of H-pyrrole nitrogens is 1. The van der Waals surface area contributed by atoms with E-state index in [0.717, 1.165) is 41.1 Å². The van der Waals surface area contributed by atoms with E-state index in [2.05, 4.69) is 44.6 Å². The standard InChI is InChI=1S/C18H21N5/c1-23-9-7-13(12-23)11-20-17-10-14(6-8-19-17)18-15-4-2-3-5-16(15)21-22-18/h2-6,8,10,13H,7,9,11-12H2,1H3,(H,19,20)(H,21,22). The number of para-hydroxylation sites is 1. The molecule has 5 nitrogen and oxygen atoms in total. The quantitative estimate of drug-likeness (QED) is 0.778. The number of likely N-dealkylation sites (tertiary alicyclic amines) is 1. The van der Waals surface area contributed by atoms with Crippen molar-refractivity contribution >= 4 is 16.7 Å². The Balaban J connectivity index is 1.54. The Bertz CT molecular complexity index is 810. The number of hydrogen-bond donors (Lipinski definition) is 2. The predicted molar refractivity (Wildman–Crippen MR) is 93.4 cm³/mol. The van der Waals surface area contributed by atoms with Crippen LogP contribution in [0.5, 0.6) is 0 Å². The van der Waals surface area contributed by atoms with Crippen molar-refractivity contribution in [2.75, 3.05) is 32.0 Å². The normalized spacial score (nSPS) is 18.6. The van der Waals surface area contributed by atoms with Gasteiger partial charge in [-0.25, -0.2) is 4.98 Å². The molecule has 1 unspecified atom stereocenters. The lowest BCUT2D eigenvalue weighted by Gasteiger charge is -2.12. The molecule has 1 atom stereocenters. The van der Waals surface area contributed by atoms with Gasteiger partial charge in [0.25, 0.3) is 0 Å². The first-order valence-electron chi connectivity index (χ1n) is 8.11. The maximum absolute atomic E-state index is 4.47. The van der Waals surface area contributed by atoms with Crippen LogP contribution in [-0.4, -0.2) is 46.8 Å². The molecule has 0 bridgehead atoms. The van der Waals surface area contributed by atoms with Crippen LogP contribution in [0.3, 0.4) is 0 Å². The fraction of sp³-hybridized carbons (Fsp3) is 0.333. The third kappa shape index (κ3) is 2.92. The molecule has 3 aromatic rings. The van der Waals surface area contributed by atoms with Crippen molar-refractivity contribution in [1.29, 1.82) is 0 Å². The third-order valence-corrected chi connectivity index (χ3v) is 4.56. The summed E-state index contributed by atoms with van der Waals surface area (Å²) < 4.78 is 0. The lowest BCUT2D eigenvalue weighted by Crippen LogP contribution is -2.19. The summed E-state index contributed by atoms with van der Waals surface area (Å²) in [6, 6.07) is 12.3. The molecule has 1 aliphatic rings. The van der Waals surface area contributed by atoms with Gasteiger partial charge in [-0.2, -0.15) is 5.10 Å². The number of aromatic nitrogens is 3. The van der Waals surface area contributed by atoms with Crippen LogP contribution >= 0.6 is 0 Å². The van der Waals surface area contributed by atoms with Gasteiger partial charge in [-0.1, -0.05) is 18.2 Å².